The monoisotopic (exact) mass is 360 g/mol. The summed E-state index contributed by atoms with van der Waals surface area (Å²) < 4.78 is 11.1. The summed E-state index contributed by atoms with van der Waals surface area (Å²) in [7, 11) is 1.62. The highest BCUT2D eigenvalue weighted by atomic mass is 16.5. The lowest BCUT2D eigenvalue weighted by Crippen LogP contribution is -2.49. The van der Waals surface area contributed by atoms with Crippen LogP contribution in [0.4, 0.5) is 0 Å². The Kier molecular flexibility index (Phi) is 7.51. The van der Waals surface area contributed by atoms with E-state index in [1.807, 2.05) is 43.0 Å². The molecule has 1 saturated heterocycles. The first kappa shape index (κ1) is 20.3. The van der Waals surface area contributed by atoms with Crippen molar-refractivity contribution in [2.75, 3.05) is 39.8 Å². The number of hydrogen-bond acceptors (Lipinski definition) is 4. The van der Waals surface area contributed by atoms with Gasteiger partial charge in [-0.1, -0.05) is 19.9 Å². The average molecular weight is 360 g/mol. The molecule has 1 aliphatic heterocycles. The van der Waals surface area contributed by atoms with E-state index in [1.165, 1.54) is 0 Å². The fraction of sp³-hybridized carbons (Fsp3) is 0.571. The van der Waals surface area contributed by atoms with Crippen LogP contribution >= 0.6 is 0 Å². The van der Waals surface area contributed by atoms with Crippen molar-refractivity contribution in [3.8, 4) is 11.5 Å². The van der Waals surface area contributed by atoms with E-state index >= 15 is 0 Å². The minimum atomic E-state index is 0.0654. The molecule has 5 heteroatoms. The summed E-state index contributed by atoms with van der Waals surface area (Å²) in [4.78, 5) is 16.8. The van der Waals surface area contributed by atoms with E-state index in [2.05, 4.69) is 18.7 Å². The van der Waals surface area contributed by atoms with Crippen LogP contribution in [0.3, 0.4) is 0 Å². The van der Waals surface area contributed by atoms with Crippen LogP contribution in [-0.2, 0) is 4.79 Å². The highest BCUT2D eigenvalue weighted by molar-refractivity contribution is 5.92. The van der Waals surface area contributed by atoms with Crippen LogP contribution in [0.15, 0.2) is 24.3 Å². The minimum Gasteiger partial charge on any atom is -0.493 e. The second-order valence-corrected chi connectivity index (χ2v) is 7.43. The van der Waals surface area contributed by atoms with Gasteiger partial charge in [-0.05, 0) is 43.5 Å². The van der Waals surface area contributed by atoms with Gasteiger partial charge in [0, 0.05) is 38.8 Å². The maximum absolute atomic E-state index is 12.4. The van der Waals surface area contributed by atoms with Crippen molar-refractivity contribution in [1.29, 1.82) is 0 Å². The molecule has 0 aliphatic carbocycles. The largest absolute Gasteiger partial charge is 0.493 e. The van der Waals surface area contributed by atoms with Gasteiger partial charge in [-0.2, -0.15) is 0 Å². The van der Waals surface area contributed by atoms with Gasteiger partial charge >= 0.3 is 0 Å². The van der Waals surface area contributed by atoms with Crippen molar-refractivity contribution in [3.05, 3.63) is 29.8 Å². The predicted octanol–water partition coefficient (Wildman–Crippen LogP) is 3.30. The Morgan fingerprint density at radius 1 is 1.12 bits per heavy atom. The molecule has 0 radical (unpaired) electrons. The zero-order valence-electron chi connectivity index (χ0n) is 16.7. The summed E-state index contributed by atoms with van der Waals surface area (Å²) in [5.74, 6) is 2.12. The summed E-state index contributed by atoms with van der Waals surface area (Å²) in [5, 5.41) is 0. The quantitative estimate of drug-likeness (QED) is 0.700. The molecule has 0 bridgehead atoms. The zero-order chi connectivity index (χ0) is 19.1. The van der Waals surface area contributed by atoms with Crippen LogP contribution in [-0.4, -0.2) is 61.6 Å². The van der Waals surface area contributed by atoms with Gasteiger partial charge < -0.3 is 14.4 Å². The van der Waals surface area contributed by atoms with Gasteiger partial charge in [0.2, 0.25) is 5.91 Å². The standard InChI is InChI=1S/C21H32N2O3/c1-16(2)15-22-10-12-23(13-11-22)21(24)9-7-18-6-8-19(26-17(3)4)20(14-18)25-5/h6-9,14,16-17H,10-13,15H2,1-5H3/b9-7+. The summed E-state index contributed by atoms with van der Waals surface area (Å²) >= 11 is 0. The SMILES string of the molecule is COc1cc(/C=C/C(=O)N2CCN(CC(C)C)CC2)ccc1OC(C)C. The first-order valence-electron chi connectivity index (χ1n) is 9.43. The Balaban J connectivity index is 1.94. The van der Waals surface area contributed by atoms with Crippen molar-refractivity contribution in [2.24, 2.45) is 5.92 Å². The zero-order valence-corrected chi connectivity index (χ0v) is 16.7. The number of ether oxygens (including phenoxy) is 2. The van der Waals surface area contributed by atoms with E-state index in [4.69, 9.17) is 9.47 Å². The predicted molar refractivity (Wildman–Crippen MR) is 106 cm³/mol. The molecule has 0 aromatic heterocycles. The van der Waals surface area contributed by atoms with Gasteiger partial charge in [0.25, 0.3) is 0 Å². The molecule has 1 fully saturated rings. The van der Waals surface area contributed by atoms with Gasteiger partial charge in [0.1, 0.15) is 0 Å². The van der Waals surface area contributed by atoms with Crippen molar-refractivity contribution in [3.63, 3.8) is 0 Å². The Labute approximate surface area is 157 Å². The summed E-state index contributed by atoms with van der Waals surface area (Å²) in [6, 6.07) is 5.71. The summed E-state index contributed by atoms with van der Waals surface area (Å²) in [5.41, 5.74) is 0.921. The molecule has 1 aromatic rings. The third-order valence-electron chi connectivity index (χ3n) is 4.28. The van der Waals surface area contributed by atoms with Crippen molar-refractivity contribution in [2.45, 2.75) is 33.8 Å². The molecule has 0 unspecified atom stereocenters. The minimum absolute atomic E-state index is 0.0654. The number of carbonyl (C=O) groups excluding carboxylic acids is 1. The second kappa shape index (κ2) is 9.62. The van der Waals surface area contributed by atoms with Gasteiger partial charge in [-0.15, -0.1) is 0 Å². The Hall–Kier alpha value is -2.01. The van der Waals surface area contributed by atoms with Crippen LogP contribution in [0.25, 0.3) is 6.08 Å². The second-order valence-electron chi connectivity index (χ2n) is 7.43. The number of carbonyl (C=O) groups is 1. The molecule has 1 aliphatic rings. The van der Waals surface area contributed by atoms with E-state index in [9.17, 15) is 4.79 Å². The van der Waals surface area contributed by atoms with Crippen LogP contribution in [0.2, 0.25) is 0 Å². The number of amides is 1. The van der Waals surface area contributed by atoms with Gasteiger partial charge in [0.05, 0.1) is 13.2 Å². The molecule has 0 saturated carbocycles. The first-order valence-corrected chi connectivity index (χ1v) is 9.43. The lowest BCUT2D eigenvalue weighted by molar-refractivity contribution is -0.127. The number of benzene rings is 1. The van der Waals surface area contributed by atoms with Gasteiger partial charge in [-0.3, -0.25) is 9.69 Å². The molecule has 0 N–H and O–H groups in total. The molecule has 144 valence electrons. The molecular weight excluding hydrogens is 328 g/mol. The first-order chi connectivity index (χ1) is 12.4. The highest BCUT2D eigenvalue weighted by Crippen LogP contribution is 2.29. The summed E-state index contributed by atoms with van der Waals surface area (Å²) in [6.45, 7) is 13.0. The Morgan fingerprint density at radius 2 is 1.81 bits per heavy atom. The third kappa shape index (κ3) is 6.06. The van der Waals surface area contributed by atoms with Crippen LogP contribution in [0.5, 0.6) is 11.5 Å². The topological polar surface area (TPSA) is 42.0 Å². The van der Waals surface area contributed by atoms with E-state index in [0.717, 1.165) is 38.3 Å². The molecule has 1 amide bonds. The van der Waals surface area contributed by atoms with Crippen LogP contribution in [0, 0.1) is 5.92 Å². The number of methoxy groups -OCH3 is 1. The molecule has 26 heavy (non-hydrogen) atoms. The molecule has 5 nitrogen and oxygen atoms in total. The van der Waals surface area contributed by atoms with E-state index in [1.54, 1.807) is 13.2 Å². The lowest BCUT2D eigenvalue weighted by atomic mass is 10.1. The van der Waals surface area contributed by atoms with Crippen molar-refractivity contribution in [1.82, 2.24) is 9.80 Å². The van der Waals surface area contributed by atoms with Crippen LogP contribution < -0.4 is 9.47 Å². The number of piperazine rings is 1. The molecule has 1 aromatic carbocycles. The Morgan fingerprint density at radius 3 is 2.38 bits per heavy atom. The highest BCUT2D eigenvalue weighted by Gasteiger charge is 2.19. The van der Waals surface area contributed by atoms with E-state index in [0.29, 0.717) is 17.4 Å². The maximum Gasteiger partial charge on any atom is 0.246 e. The number of rotatable bonds is 7. The fourth-order valence-corrected chi connectivity index (χ4v) is 3.08. The van der Waals surface area contributed by atoms with E-state index < -0.39 is 0 Å². The van der Waals surface area contributed by atoms with Crippen molar-refractivity contribution >= 4 is 12.0 Å². The maximum atomic E-state index is 12.4. The van der Waals surface area contributed by atoms with Gasteiger partial charge in [-0.25, -0.2) is 0 Å². The third-order valence-corrected chi connectivity index (χ3v) is 4.28. The summed E-state index contributed by atoms with van der Waals surface area (Å²) in [6.07, 6.45) is 3.57. The van der Waals surface area contributed by atoms with E-state index in [-0.39, 0.29) is 12.0 Å². The molecule has 0 atom stereocenters. The molecular formula is C21H32N2O3. The average Bonchev–Trinajstić information content (AvgIpc) is 2.60. The number of nitrogens with zero attached hydrogens (tertiary/aromatic N) is 2. The molecule has 0 spiro atoms. The fourth-order valence-electron chi connectivity index (χ4n) is 3.08. The van der Waals surface area contributed by atoms with Crippen LogP contribution in [0.1, 0.15) is 33.3 Å². The Bertz CT molecular complexity index is 618. The van der Waals surface area contributed by atoms with Crippen molar-refractivity contribution < 1.29 is 14.3 Å². The normalized spacial score (nSPS) is 15.9. The lowest BCUT2D eigenvalue weighted by Gasteiger charge is -2.35. The number of hydrogen-bond donors (Lipinski definition) is 0. The molecule has 1 heterocycles. The van der Waals surface area contributed by atoms with Gasteiger partial charge in [0.15, 0.2) is 11.5 Å². The smallest absolute Gasteiger partial charge is 0.246 e. The molecule has 2 rings (SSSR count).